The molecular weight excluding hydrogens is 476 g/mol. The van der Waals surface area contributed by atoms with Gasteiger partial charge in [-0.1, -0.05) is 6.07 Å². The van der Waals surface area contributed by atoms with Crippen molar-refractivity contribution < 1.29 is 31.8 Å². The van der Waals surface area contributed by atoms with Crippen molar-refractivity contribution in [1.82, 2.24) is 14.5 Å². The number of hydrogen-bond acceptors (Lipinski definition) is 5. The zero-order chi connectivity index (χ0) is 24.1. The minimum Gasteiger partial charge on any atom is -0.421 e. The minimum absolute atomic E-state index is 0.141. The topological polar surface area (TPSA) is 69.0 Å². The standard InChI is InChI=1S/C22H18F4N4O3S/c1-13-12-30(15-6-7-17-18(10-15)33-22(25,26)21(23,24)32-17)20(34-13)28-19(31)29-9-3-5-16(29)14-4-2-8-27-11-14/h2,4,6-8,10-12,16H,3,5,9H2,1H3. The van der Waals surface area contributed by atoms with Gasteiger partial charge < -0.3 is 14.4 Å². The second-order valence-electron chi connectivity index (χ2n) is 7.90. The maximum atomic E-state index is 13.6. The summed E-state index contributed by atoms with van der Waals surface area (Å²) < 4.78 is 64.0. The Hall–Kier alpha value is -3.41. The van der Waals surface area contributed by atoms with Crippen molar-refractivity contribution in [2.75, 3.05) is 6.54 Å². The van der Waals surface area contributed by atoms with Gasteiger partial charge in [-0.05, 0) is 43.5 Å². The van der Waals surface area contributed by atoms with Crippen molar-refractivity contribution >= 4 is 17.4 Å². The number of aromatic nitrogens is 2. The van der Waals surface area contributed by atoms with E-state index in [1.54, 1.807) is 30.4 Å². The molecular formula is C22H18F4N4O3S. The Labute approximate surface area is 194 Å². The van der Waals surface area contributed by atoms with Crippen LogP contribution < -0.4 is 14.3 Å². The van der Waals surface area contributed by atoms with Gasteiger partial charge in [0.25, 0.3) is 0 Å². The van der Waals surface area contributed by atoms with E-state index in [1.807, 2.05) is 12.1 Å². The number of nitrogens with zero attached hydrogens (tertiary/aromatic N) is 4. The third-order valence-electron chi connectivity index (χ3n) is 5.55. The molecule has 1 atom stereocenters. The number of fused-ring (bicyclic) bond motifs is 1. The van der Waals surface area contributed by atoms with Gasteiger partial charge in [0.2, 0.25) is 0 Å². The second-order valence-corrected chi connectivity index (χ2v) is 9.11. The average molecular weight is 494 g/mol. The average Bonchev–Trinajstić information content (AvgIpc) is 3.41. The van der Waals surface area contributed by atoms with Crippen LogP contribution in [0.15, 0.2) is 53.9 Å². The van der Waals surface area contributed by atoms with Crippen molar-refractivity contribution in [1.29, 1.82) is 0 Å². The molecule has 0 spiro atoms. The molecule has 2 amide bonds. The smallest absolute Gasteiger partial charge is 0.421 e. The monoisotopic (exact) mass is 494 g/mol. The third-order valence-corrected chi connectivity index (χ3v) is 6.45. The Morgan fingerprint density at radius 1 is 1.18 bits per heavy atom. The molecule has 34 heavy (non-hydrogen) atoms. The van der Waals surface area contributed by atoms with Gasteiger partial charge in [0.05, 0.1) is 11.7 Å². The lowest BCUT2D eigenvalue weighted by Gasteiger charge is -2.31. The zero-order valence-corrected chi connectivity index (χ0v) is 18.6. The zero-order valence-electron chi connectivity index (χ0n) is 17.8. The first-order valence-corrected chi connectivity index (χ1v) is 11.2. The summed E-state index contributed by atoms with van der Waals surface area (Å²) >= 11 is 1.23. The summed E-state index contributed by atoms with van der Waals surface area (Å²) in [5.41, 5.74) is 1.22. The third kappa shape index (κ3) is 3.91. The Balaban J connectivity index is 1.48. The minimum atomic E-state index is -4.83. The van der Waals surface area contributed by atoms with Gasteiger partial charge >= 0.3 is 18.2 Å². The van der Waals surface area contributed by atoms with Crippen LogP contribution in [0.5, 0.6) is 11.5 Å². The van der Waals surface area contributed by atoms with Crippen LogP contribution in [0.3, 0.4) is 0 Å². The molecule has 178 valence electrons. The first-order valence-electron chi connectivity index (χ1n) is 10.4. The molecule has 0 radical (unpaired) electrons. The van der Waals surface area contributed by atoms with Crippen LogP contribution in [0.1, 0.15) is 29.3 Å². The van der Waals surface area contributed by atoms with Crippen LogP contribution in [-0.4, -0.2) is 39.2 Å². The fourth-order valence-corrected chi connectivity index (χ4v) is 4.81. The number of thiazole rings is 1. The van der Waals surface area contributed by atoms with Crippen molar-refractivity contribution in [3.63, 3.8) is 0 Å². The van der Waals surface area contributed by atoms with Gasteiger partial charge in [0.15, 0.2) is 16.3 Å². The van der Waals surface area contributed by atoms with Gasteiger partial charge in [0.1, 0.15) is 0 Å². The molecule has 3 aromatic rings. The summed E-state index contributed by atoms with van der Waals surface area (Å²) in [5.74, 6) is -1.06. The number of aryl methyl sites for hydroxylation is 1. The predicted molar refractivity (Wildman–Crippen MR) is 113 cm³/mol. The van der Waals surface area contributed by atoms with E-state index in [0.29, 0.717) is 17.0 Å². The molecule has 5 rings (SSSR count). The summed E-state index contributed by atoms with van der Waals surface area (Å²) in [6, 6.07) is 6.79. The molecule has 1 fully saturated rings. The van der Waals surface area contributed by atoms with E-state index >= 15 is 0 Å². The number of halogens is 4. The number of alkyl halides is 4. The number of urea groups is 1. The highest BCUT2D eigenvalue weighted by molar-refractivity contribution is 7.09. The van der Waals surface area contributed by atoms with Crippen LogP contribution >= 0.6 is 11.3 Å². The molecule has 0 N–H and O–H groups in total. The molecule has 1 saturated heterocycles. The van der Waals surface area contributed by atoms with Gasteiger partial charge in [-0.15, -0.1) is 11.3 Å². The molecule has 4 heterocycles. The summed E-state index contributed by atoms with van der Waals surface area (Å²) in [4.78, 5) is 24.3. The Morgan fingerprint density at radius 3 is 2.68 bits per heavy atom. The molecule has 1 unspecified atom stereocenters. The fourth-order valence-electron chi connectivity index (χ4n) is 3.99. The van der Waals surface area contributed by atoms with Crippen molar-refractivity contribution in [2.24, 2.45) is 4.99 Å². The molecule has 0 aliphatic carbocycles. The number of benzene rings is 1. The van der Waals surface area contributed by atoms with E-state index < -0.39 is 29.7 Å². The van der Waals surface area contributed by atoms with Crippen LogP contribution in [-0.2, 0) is 0 Å². The summed E-state index contributed by atoms with van der Waals surface area (Å²) in [5, 5.41) is 0. The van der Waals surface area contributed by atoms with E-state index in [2.05, 4.69) is 19.5 Å². The molecule has 12 heteroatoms. The van der Waals surface area contributed by atoms with Gasteiger partial charge in [-0.2, -0.15) is 22.6 Å². The highest BCUT2D eigenvalue weighted by Gasteiger charge is 2.65. The van der Waals surface area contributed by atoms with Crippen LogP contribution in [0.25, 0.3) is 5.69 Å². The summed E-state index contributed by atoms with van der Waals surface area (Å²) in [6.07, 6.45) is -2.95. The van der Waals surface area contributed by atoms with Crippen LogP contribution in [0.4, 0.5) is 22.4 Å². The molecule has 2 aliphatic rings. The number of ether oxygens (including phenoxy) is 2. The van der Waals surface area contributed by atoms with Crippen LogP contribution in [0, 0.1) is 6.92 Å². The number of hydrogen-bond donors (Lipinski definition) is 0. The number of carbonyl (C=O) groups excluding carboxylic acids is 1. The summed E-state index contributed by atoms with van der Waals surface area (Å²) in [7, 11) is 0. The maximum Gasteiger partial charge on any atom is 0.507 e. The Bertz CT molecular complexity index is 1310. The molecule has 2 aromatic heterocycles. The van der Waals surface area contributed by atoms with Gasteiger partial charge in [-0.3, -0.25) is 9.55 Å². The lowest BCUT2D eigenvalue weighted by Crippen LogP contribution is -2.52. The second kappa shape index (κ2) is 8.12. The Morgan fingerprint density at radius 2 is 1.94 bits per heavy atom. The molecule has 2 aliphatic heterocycles. The van der Waals surface area contributed by atoms with Crippen molar-refractivity contribution in [3.05, 3.63) is 64.2 Å². The first kappa shape index (κ1) is 22.4. The van der Waals surface area contributed by atoms with Crippen molar-refractivity contribution in [3.8, 4) is 17.2 Å². The maximum absolute atomic E-state index is 13.6. The Kier molecular flexibility index (Phi) is 5.34. The summed E-state index contributed by atoms with van der Waals surface area (Å²) in [6.45, 7) is 2.34. The number of pyridine rings is 1. The van der Waals surface area contributed by atoms with E-state index in [4.69, 9.17) is 0 Å². The highest BCUT2D eigenvalue weighted by Crippen LogP contribution is 2.47. The largest absolute Gasteiger partial charge is 0.507 e. The lowest BCUT2D eigenvalue weighted by atomic mass is 10.1. The highest BCUT2D eigenvalue weighted by atomic mass is 32.1. The number of likely N-dealkylation sites (tertiary alicyclic amines) is 1. The fraction of sp³-hybridized carbons (Fsp3) is 0.318. The van der Waals surface area contributed by atoms with E-state index in [0.717, 1.165) is 35.4 Å². The van der Waals surface area contributed by atoms with Crippen LogP contribution in [0.2, 0.25) is 0 Å². The molecule has 7 nitrogen and oxygen atoms in total. The molecule has 0 saturated carbocycles. The normalized spacial score (nSPS) is 21.0. The van der Waals surface area contributed by atoms with Gasteiger partial charge in [0, 0.05) is 36.1 Å². The van der Waals surface area contributed by atoms with E-state index in [9.17, 15) is 22.4 Å². The SMILES string of the molecule is Cc1cn(-c2ccc3c(c2)OC(F)(F)C(F)(F)O3)c(=NC(=O)N2CCCC2c2cccnc2)s1. The molecule has 0 bridgehead atoms. The molecule has 1 aromatic carbocycles. The van der Waals surface area contributed by atoms with E-state index in [-0.39, 0.29) is 6.04 Å². The lowest BCUT2D eigenvalue weighted by molar-refractivity contribution is -0.391. The van der Waals surface area contributed by atoms with Crippen molar-refractivity contribution in [2.45, 2.75) is 38.0 Å². The van der Waals surface area contributed by atoms with Gasteiger partial charge in [-0.25, -0.2) is 4.79 Å². The number of carbonyl (C=O) groups is 1. The number of rotatable bonds is 2. The quantitative estimate of drug-likeness (QED) is 0.468. The predicted octanol–water partition coefficient (Wildman–Crippen LogP) is 5.06. The van der Waals surface area contributed by atoms with E-state index in [1.165, 1.54) is 22.0 Å². The first-order chi connectivity index (χ1) is 16.1. The number of amides is 2.